The first-order valence-corrected chi connectivity index (χ1v) is 11.5. The maximum Gasteiger partial charge on any atom is 0.246 e. The molecule has 6 nitrogen and oxygen atoms in total. The van der Waals surface area contributed by atoms with Crippen LogP contribution in [0.3, 0.4) is 0 Å². The number of hydrogen-bond acceptors (Lipinski definition) is 4. The number of nitrogens with zero attached hydrogens (tertiary/aromatic N) is 3. The maximum atomic E-state index is 13.4. The molecule has 0 bridgehead atoms. The Bertz CT molecular complexity index is 785. The van der Waals surface area contributed by atoms with Crippen molar-refractivity contribution < 1.29 is 13.2 Å². The predicted molar refractivity (Wildman–Crippen MR) is 108 cm³/mol. The molecule has 1 saturated heterocycles. The van der Waals surface area contributed by atoms with Gasteiger partial charge in [-0.1, -0.05) is 18.2 Å². The van der Waals surface area contributed by atoms with Gasteiger partial charge in [0.25, 0.3) is 0 Å². The predicted octanol–water partition coefficient (Wildman–Crippen LogP) is 2.10. The standard InChI is InChI=1S/C20H31N3O3S/c1-5-27(25,26)21(4)19-14-16-8-6-7-9-18(16)23(20(19)24)17-10-12-22(13-11-17)15(2)3/h6-9,15,17,19H,5,10-14H2,1-4H3. The summed E-state index contributed by atoms with van der Waals surface area (Å²) >= 11 is 0. The number of carbonyl (C=O) groups excluding carboxylic acids is 1. The summed E-state index contributed by atoms with van der Waals surface area (Å²) in [7, 11) is -1.89. The van der Waals surface area contributed by atoms with E-state index in [1.54, 1.807) is 6.92 Å². The highest BCUT2D eigenvalue weighted by atomic mass is 32.2. The Hall–Kier alpha value is -1.44. The number of likely N-dealkylation sites (tertiary alicyclic amines) is 1. The summed E-state index contributed by atoms with van der Waals surface area (Å²) in [5.74, 6) is -0.0851. The van der Waals surface area contributed by atoms with Gasteiger partial charge in [-0.15, -0.1) is 0 Å². The zero-order valence-corrected chi connectivity index (χ0v) is 17.6. The summed E-state index contributed by atoms with van der Waals surface area (Å²) in [5.41, 5.74) is 2.00. The van der Waals surface area contributed by atoms with E-state index in [0.29, 0.717) is 12.5 Å². The van der Waals surface area contributed by atoms with Crippen molar-refractivity contribution in [2.75, 3.05) is 30.8 Å². The van der Waals surface area contributed by atoms with Crippen LogP contribution in [0.15, 0.2) is 24.3 Å². The zero-order chi connectivity index (χ0) is 19.8. The molecule has 0 aromatic heterocycles. The smallest absolute Gasteiger partial charge is 0.246 e. The van der Waals surface area contributed by atoms with Gasteiger partial charge in [0.1, 0.15) is 6.04 Å². The van der Waals surface area contributed by atoms with Crippen LogP contribution in [0.4, 0.5) is 5.69 Å². The fourth-order valence-electron chi connectivity index (χ4n) is 4.21. The van der Waals surface area contributed by atoms with E-state index in [1.807, 2.05) is 29.2 Å². The Morgan fingerprint density at radius 1 is 1.19 bits per heavy atom. The van der Waals surface area contributed by atoms with Crippen LogP contribution < -0.4 is 4.90 Å². The monoisotopic (exact) mass is 393 g/mol. The van der Waals surface area contributed by atoms with Crippen LogP contribution >= 0.6 is 0 Å². The Labute approximate surface area is 163 Å². The summed E-state index contributed by atoms with van der Waals surface area (Å²) in [5, 5.41) is 0. The third-order valence-electron chi connectivity index (χ3n) is 6.02. The second kappa shape index (κ2) is 7.89. The van der Waals surface area contributed by atoms with Gasteiger partial charge >= 0.3 is 0 Å². The maximum absolute atomic E-state index is 13.4. The van der Waals surface area contributed by atoms with Gasteiger partial charge in [0.05, 0.1) is 5.75 Å². The molecule has 2 aliphatic rings. The largest absolute Gasteiger partial charge is 0.308 e. The van der Waals surface area contributed by atoms with Crippen molar-refractivity contribution >= 4 is 21.6 Å². The molecule has 0 spiro atoms. The minimum Gasteiger partial charge on any atom is -0.308 e. The third-order valence-corrected chi connectivity index (χ3v) is 7.89. The molecule has 0 N–H and O–H groups in total. The number of rotatable bonds is 5. The Balaban J connectivity index is 1.91. The van der Waals surface area contributed by atoms with E-state index < -0.39 is 16.1 Å². The lowest BCUT2D eigenvalue weighted by atomic mass is 9.92. The molecule has 1 atom stereocenters. The van der Waals surface area contributed by atoms with E-state index in [0.717, 1.165) is 37.2 Å². The molecular weight excluding hydrogens is 362 g/mol. The molecule has 27 heavy (non-hydrogen) atoms. The lowest BCUT2D eigenvalue weighted by molar-refractivity contribution is -0.123. The number of para-hydroxylation sites is 1. The normalized spacial score (nSPS) is 22.5. The molecule has 2 heterocycles. The van der Waals surface area contributed by atoms with Crippen molar-refractivity contribution in [1.29, 1.82) is 0 Å². The van der Waals surface area contributed by atoms with Crippen LogP contribution in [0.2, 0.25) is 0 Å². The first kappa shape index (κ1) is 20.3. The average Bonchev–Trinajstić information content (AvgIpc) is 2.67. The van der Waals surface area contributed by atoms with Gasteiger partial charge in [-0.25, -0.2) is 8.42 Å². The van der Waals surface area contributed by atoms with Crippen LogP contribution in [0.25, 0.3) is 0 Å². The topological polar surface area (TPSA) is 60.9 Å². The molecule has 150 valence electrons. The van der Waals surface area contributed by atoms with Crippen LogP contribution in [-0.4, -0.2) is 67.5 Å². The van der Waals surface area contributed by atoms with E-state index in [4.69, 9.17) is 0 Å². The first-order chi connectivity index (χ1) is 12.8. The first-order valence-electron chi connectivity index (χ1n) is 9.87. The number of fused-ring (bicyclic) bond motifs is 1. The van der Waals surface area contributed by atoms with E-state index in [9.17, 15) is 13.2 Å². The van der Waals surface area contributed by atoms with Crippen molar-refractivity contribution in [1.82, 2.24) is 9.21 Å². The Morgan fingerprint density at radius 3 is 2.41 bits per heavy atom. The van der Waals surface area contributed by atoms with E-state index in [2.05, 4.69) is 18.7 Å². The van der Waals surface area contributed by atoms with Crippen molar-refractivity contribution in [2.24, 2.45) is 0 Å². The molecule has 2 aliphatic heterocycles. The van der Waals surface area contributed by atoms with Crippen LogP contribution in [-0.2, 0) is 21.2 Å². The minimum atomic E-state index is -3.43. The molecular formula is C20H31N3O3S. The molecule has 1 fully saturated rings. The summed E-state index contributed by atoms with van der Waals surface area (Å²) < 4.78 is 26.1. The molecule has 1 amide bonds. The quantitative estimate of drug-likeness (QED) is 0.769. The Kier molecular flexibility index (Phi) is 5.93. The van der Waals surface area contributed by atoms with Gasteiger partial charge in [-0.05, 0) is 45.2 Å². The average molecular weight is 394 g/mol. The van der Waals surface area contributed by atoms with Gasteiger partial charge in [-0.2, -0.15) is 4.31 Å². The van der Waals surface area contributed by atoms with Crippen LogP contribution in [0.1, 0.15) is 39.2 Å². The molecule has 1 aromatic carbocycles. The molecule has 0 aliphatic carbocycles. The fourth-order valence-corrected chi connectivity index (χ4v) is 5.17. The summed E-state index contributed by atoms with van der Waals surface area (Å²) in [4.78, 5) is 17.7. The third kappa shape index (κ3) is 3.91. The fraction of sp³-hybridized carbons (Fsp3) is 0.650. The van der Waals surface area contributed by atoms with Gasteiger partial charge in [0.15, 0.2) is 0 Å². The number of hydrogen-bond donors (Lipinski definition) is 0. The SMILES string of the molecule is CCS(=O)(=O)N(C)C1Cc2ccccc2N(C2CCN(C(C)C)CC2)C1=O. The van der Waals surface area contributed by atoms with Crippen molar-refractivity contribution in [3.05, 3.63) is 29.8 Å². The van der Waals surface area contributed by atoms with Crippen molar-refractivity contribution in [3.63, 3.8) is 0 Å². The molecule has 0 saturated carbocycles. The number of carbonyl (C=O) groups is 1. The van der Waals surface area contributed by atoms with E-state index in [1.165, 1.54) is 11.4 Å². The molecule has 7 heteroatoms. The number of benzene rings is 1. The van der Waals surface area contributed by atoms with E-state index >= 15 is 0 Å². The van der Waals surface area contributed by atoms with Crippen LogP contribution in [0.5, 0.6) is 0 Å². The lowest BCUT2D eigenvalue weighted by Crippen LogP contribution is -2.58. The number of amides is 1. The number of piperidine rings is 1. The van der Waals surface area contributed by atoms with Crippen molar-refractivity contribution in [2.45, 2.75) is 58.2 Å². The van der Waals surface area contributed by atoms with Crippen LogP contribution in [0, 0.1) is 0 Å². The van der Waals surface area contributed by atoms with E-state index in [-0.39, 0.29) is 17.7 Å². The number of likely N-dealkylation sites (N-methyl/N-ethyl adjacent to an activating group) is 1. The van der Waals surface area contributed by atoms with Gasteiger partial charge in [-0.3, -0.25) is 4.79 Å². The minimum absolute atomic E-state index is 0.00169. The number of anilines is 1. The lowest BCUT2D eigenvalue weighted by Gasteiger charge is -2.44. The molecule has 3 rings (SSSR count). The Morgan fingerprint density at radius 2 is 1.81 bits per heavy atom. The van der Waals surface area contributed by atoms with Gasteiger partial charge < -0.3 is 9.80 Å². The second-order valence-electron chi connectivity index (χ2n) is 7.83. The highest BCUT2D eigenvalue weighted by Crippen LogP contribution is 2.34. The molecule has 1 aromatic rings. The number of sulfonamides is 1. The highest BCUT2D eigenvalue weighted by molar-refractivity contribution is 7.89. The summed E-state index contributed by atoms with van der Waals surface area (Å²) in [6.45, 7) is 7.93. The van der Waals surface area contributed by atoms with Crippen molar-refractivity contribution in [3.8, 4) is 0 Å². The van der Waals surface area contributed by atoms with Gasteiger partial charge in [0.2, 0.25) is 15.9 Å². The highest BCUT2D eigenvalue weighted by Gasteiger charge is 2.42. The molecule has 0 radical (unpaired) electrons. The second-order valence-corrected chi connectivity index (χ2v) is 10.2. The summed E-state index contributed by atoms with van der Waals surface area (Å²) in [6.07, 6.45) is 2.26. The van der Waals surface area contributed by atoms with Gasteiger partial charge in [0, 0.05) is 44.3 Å². The molecule has 1 unspecified atom stereocenters. The summed E-state index contributed by atoms with van der Waals surface area (Å²) in [6, 6.07) is 7.88. The zero-order valence-electron chi connectivity index (χ0n) is 16.8.